The van der Waals surface area contributed by atoms with E-state index in [1.807, 2.05) is 22.9 Å². The van der Waals surface area contributed by atoms with Gasteiger partial charge in [-0.1, -0.05) is 54.8 Å². The SMILES string of the molecule is C[Si](C)(C)C#Cc1cc(Cl)cc2c(-c3ccc(Cl)c4c3cnn4C3CCCCO3)c(N)c(=O)[nH]c12. The monoisotopic (exact) mass is 524 g/mol. The first-order chi connectivity index (χ1) is 16.6. The zero-order chi connectivity index (χ0) is 24.9. The number of anilines is 1. The smallest absolute Gasteiger partial charge is 0.272 e. The minimum Gasteiger partial charge on any atom is -0.394 e. The summed E-state index contributed by atoms with van der Waals surface area (Å²) >= 11 is 13.2. The van der Waals surface area contributed by atoms with Crippen LogP contribution in [-0.4, -0.2) is 29.4 Å². The van der Waals surface area contributed by atoms with Gasteiger partial charge in [0.15, 0.2) is 6.23 Å². The molecule has 3 N–H and O–H groups in total. The summed E-state index contributed by atoms with van der Waals surface area (Å²) in [5.41, 5.74) is 12.9. The Bertz CT molecular complexity index is 1590. The van der Waals surface area contributed by atoms with Gasteiger partial charge in [-0.2, -0.15) is 5.10 Å². The van der Waals surface area contributed by atoms with E-state index in [0.717, 1.165) is 41.1 Å². The van der Waals surface area contributed by atoms with E-state index in [1.54, 1.807) is 12.3 Å². The van der Waals surface area contributed by atoms with Gasteiger partial charge in [0, 0.05) is 33.5 Å². The Morgan fingerprint density at radius 3 is 2.71 bits per heavy atom. The van der Waals surface area contributed by atoms with Crippen LogP contribution in [0.15, 0.2) is 35.3 Å². The standard InChI is InChI=1S/C26H26Cl2N4O2Si/c1-35(2,3)11-9-15-12-16(27)13-18-22(23(29)26(33)31-24(15)18)17-7-8-20(28)25-19(17)14-30-32(25)21-6-4-5-10-34-21/h7-8,12-14,21H,4-6,10,29H2,1-3H3,(H,31,33). The van der Waals surface area contributed by atoms with Crippen molar-refractivity contribution in [3.8, 4) is 22.6 Å². The molecular weight excluding hydrogens is 499 g/mol. The van der Waals surface area contributed by atoms with Gasteiger partial charge < -0.3 is 15.5 Å². The van der Waals surface area contributed by atoms with E-state index in [2.05, 4.69) is 41.2 Å². The minimum absolute atomic E-state index is 0.106. The molecule has 4 aromatic rings. The lowest BCUT2D eigenvalue weighted by Crippen LogP contribution is -2.19. The van der Waals surface area contributed by atoms with E-state index in [9.17, 15) is 4.79 Å². The number of fused-ring (bicyclic) bond motifs is 2. The first kappa shape index (κ1) is 24.0. The summed E-state index contributed by atoms with van der Waals surface area (Å²) in [5.74, 6) is 3.25. The van der Waals surface area contributed by atoms with Crippen molar-refractivity contribution in [2.24, 2.45) is 0 Å². The van der Waals surface area contributed by atoms with Crippen molar-refractivity contribution in [2.75, 3.05) is 12.3 Å². The maximum absolute atomic E-state index is 13.0. The lowest BCUT2D eigenvalue weighted by Gasteiger charge is -2.23. The van der Waals surface area contributed by atoms with Crippen molar-refractivity contribution >= 4 is 58.8 Å². The Balaban J connectivity index is 1.81. The number of aromatic amines is 1. The van der Waals surface area contributed by atoms with Gasteiger partial charge in [-0.25, -0.2) is 4.68 Å². The van der Waals surface area contributed by atoms with Crippen LogP contribution in [0.25, 0.3) is 32.9 Å². The number of halogens is 2. The highest BCUT2D eigenvalue weighted by Gasteiger charge is 2.24. The van der Waals surface area contributed by atoms with Crippen LogP contribution in [0.2, 0.25) is 29.7 Å². The molecule has 0 bridgehead atoms. The minimum atomic E-state index is -1.66. The molecule has 0 radical (unpaired) electrons. The maximum Gasteiger partial charge on any atom is 0.272 e. The van der Waals surface area contributed by atoms with E-state index < -0.39 is 8.07 Å². The topological polar surface area (TPSA) is 85.9 Å². The number of H-pyrrole nitrogens is 1. The fourth-order valence-electron chi connectivity index (χ4n) is 4.50. The highest BCUT2D eigenvalue weighted by Crippen LogP contribution is 2.41. The van der Waals surface area contributed by atoms with E-state index in [-0.39, 0.29) is 17.5 Å². The summed E-state index contributed by atoms with van der Waals surface area (Å²) in [7, 11) is -1.66. The molecule has 0 saturated carbocycles. The molecule has 1 unspecified atom stereocenters. The number of rotatable bonds is 2. The largest absolute Gasteiger partial charge is 0.394 e. The average Bonchev–Trinajstić information content (AvgIpc) is 3.26. The molecule has 3 heterocycles. The van der Waals surface area contributed by atoms with E-state index in [4.69, 9.17) is 33.7 Å². The van der Waals surface area contributed by atoms with Crippen molar-refractivity contribution in [1.82, 2.24) is 14.8 Å². The van der Waals surface area contributed by atoms with Crippen molar-refractivity contribution in [3.05, 3.63) is 56.4 Å². The fraction of sp³-hybridized carbons (Fsp3) is 0.308. The summed E-state index contributed by atoms with van der Waals surface area (Å²) in [6, 6.07) is 7.27. The molecule has 5 rings (SSSR count). The van der Waals surface area contributed by atoms with Crippen molar-refractivity contribution < 1.29 is 4.74 Å². The normalized spacial score (nSPS) is 16.4. The highest BCUT2D eigenvalue weighted by atomic mass is 35.5. The quantitative estimate of drug-likeness (QED) is 0.236. The van der Waals surface area contributed by atoms with Crippen LogP contribution in [0.3, 0.4) is 0 Å². The van der Waals surface area contributed by atoms with Crippen LogP contribution in [0.1, 0.15) is 31.1 Å². The Morgan fingerprint density at radius 2 is 2.00 bits per heavy atom. The van der Waals surface area contributed by atoms with E-state index in [1.165, 1.54) is 0 Å². The molecule has 0 aliphatic carbocycles. The maximum atomic E-state index is 13.0. The van der Waals surface area contributed by atoms with Gasteiger partial charge in [0.25, 0.3) is 5.56 Å². The Kier molecular flexibility index (Phi) is 6.18. The van der Waals surface area contributed by atoms with Gasteiger partial charge in [0.2, 0.25) is 0 Å². The first-order valence-electron chi connectivity index (χ1n) is 11.6. The first-order valence-corrected chi connectivity index (χ1v) is 15.9. The number of nitrogens with one attached hydrogen (secondary N) is 1. The molecule has 1 atom stereocenters. The number of aromatic nitrogens is 3. The zero-order valence-corrected chi connectivity index (χ0v) is 22.3. The van der Waals surface area contributed by atoms with Gasteiger partial charge in [0.05, 0.1) is 22.3 Å². The molecule has 35 heavy (non-hydrogen) atoms. The number of nitrogens with two attached hydrogens (primary N) is 1. The molecule has 180 valence electrons. The molecular formula is C26H26Cl2N4O2Si. The van der Waals surface area contributed by atoms with Crippen LogP contribution < -0.4 is 11.3 Å². The molecule has 0 amide bonds. The van der Waals surface area contributed by atoms with Crippen molar-refractivity contribution in [1.29, 1.82) is 0 Å². The molecule has 2 aromatic heterocycles. The van der Waals surface area contributed by atoms with Crippen LogP contribution in [0, 0.1) is 11.5 Å². The van der Waals surface area contributed by atoms with Gasteiger partial charge >= 0.3 is 0 Å². The Labute approximate surface area is 214 Å². The Morgan fingerprint density at radius 1 is 1.20 bits per heavy atom. The predicted octanol–water partition coefficient (Wildman–Crippen LogP) is 6.36. The number of ether oxygens (including phenoxy) is 1. The van der Waals surface area contributed by atoms with Gasteiger partial charge in [-0.15, -0.1) is 5.54 Å². The molecule has 1 saturated heterocycles. The summed E-state index contributed by atoms with van der Waals surface area (Å²) in [6.07, 6.45) is 4.54. The molecule has 1 aliphatic heterocycles. The fourth-order valence-corrected chi connectivity index (χ4v) is 5.48. The van der Waals surface area contributed by atoms with Crippen LogP contribution in [0.4, 0.5) is 5.69 Å². The number of hydrogen-bond acceptors (Lipinski definition) is 4. The number of hydrogen-bond donors (Lipinski definition) is 2. The predicted molar refractivity (Wildman–Crippen MR) is 147 cm³/mol. The van der Waals surface area contributed by atoms with E-state index in [0.29, 0.717) is 33.3 Å². The van der Waals surface area contributed by atoms with Crippen molar-refractivity contribution in [3.63, 3.8) is 0 Å². The van der Waals surface area contributed by atoms with Crippen LogP contribution in [-0.2, 0) is 4.74 Å². The summed E-state index contributed by atoms with van der Waals surface area (Å²) < 4.78 is 7.80. The molecule has 1 aliphatic rings. The number of benzene rings is 2. The second kappa shape index (κ2) is 9.03. The number of nitrogen functional groups attached to an aromatic ring is 1. The molecule has 0 spiro atoms. The molecule has 1 fully saturated rings. The second-order valence-electron chi connectivity index (χ2n) is 9.89. The number of pyridine rings is 1. The second-order valence-corrected chi connectivity index (χ2v) is 15.5. The third-order valence-corrected chi connectivity index (χ3v) is 7.50. The summed E-state index contributed by atoms with van der Waals surface area (Å²) in [4.78, 5) is 15.9. The van der Waals surface area contributed by atoms with Crippen LogP contribution in [0.5, 0.6) is 0 Å². The van der Waals surface area contributed by atoms with Gasteiger partial charge in [-0.05, 0) is 43.0 Å². The molecule has 6 nitrogen and oxygen atoms in total. The van der Waals surface area contributed by atoms with Crippen molar-refractivity contribution in [2.45, 2.75) is 45.1 Å². The average molecular weight is 526 g/mol. The lowest BCUT2D eigenvalue weighted by atomic mass is 9.95. The van der Waals surface area contributed by atoms with Crippen LogP contribution >= 0.6 is 23.2 Å². The van der Waals surface area contributed by atoms with Gasteiger partial charge in [-0.3, -0.25) is 4.79 Å². The Hall–Kier alpha value is -2.76. The zero-order valence-electron chi connectivity index (χ0n) is 19.8. The summed E-state index contributed by atoms with van der Waals surface area (Å²) in [6.45, 7) is 7.18. The molecule has 2 aromatic carbocycles. The van der Waals surface area contributed by atoms with E-state index >= 15 is 0 Å². The summed E-state index contributed by atoms with van der Waals surface area (Å²) in [5, 5.41) is 7.21. The number of nitrogens with zero attached hydrogens (tertiary/aromatic N) is 2. The van der Waals surface area contributed by atoms with Gasteiger partial charge in [0.1, 0.15) is 13.8 Å². The highest BCUT2D eigenvalue weighted by molar-refractivity contribution is 6.83. The third kappa shape index (κ3) is 4.48. The third-order valence-electron chi connectivity index (χ3n) is 6.10. The lowest BCUT2D eigenvalue weighted by molar-refractivity contribution is -0.0366. The molecule has 9 heteroatoms.